The molecule has 0 aromatic carbocycles. The van der Waals surface area contributed by atoms with Crippen LogP contribution in [0.25, 0.3) is 11.2 Å². The van der Waals surface area contributed by atoms with Gasteiger partial charge in [0, 0.05) is 0 Å². The number of thiol groups is 1. The zero-order chi connectivity index (χ0) is 11.9. The van der Waals surface area contributed by atoms with Crippen LogP contribution >= 0.6 is 24.4 Å². The Morgan fingerprint density at radius 3 is 2.88 bits per heavy atom. The van der Waals surface area contributed by atoms with Gasteiger partial charge in [0.15, 0.2) is 5.65 Å². The third kappa shape index (κ3) is 3.61. The Morgan fingerprint density at radius 1 is 1.12 bits per heavy atom. The van der Waals surface area contributed by atoms with Crippen molar-refractivity contribution in [3.63, 3.8) is 0 Å². The van der Waals surface area contributed by atoms with E-state index in [0.29, 0.717) is 0 Å². The van der Waals surface area contributed by atoms with Crippen LogP contribution in [0.15, 0.2) is 17.7 Å². The highest BCUT2D eigenvalue weighted by Crippen LogP contribution is 2.22. The van der Waals surface area contributed by atoms with E-state index in [1.807, 2.05) is 0 Å². The SMILES string of the molecule is SCCCCCCSc1ncnc2nc[nH]c12. The molecule has 0 fully saturated rings. The number of aromatic amines is 1. The van der Waals surface area contributed by atoms with Crippen LogP contribution in [0.2, 0.25) is 0 Å². The third-order valence-corrected chi connectivity index (χ3v) is 3.87. The summed E-state index contributed by atoms with van der Waals surface area (Å²) in [7, 11) is 0. The molecule has 0 amide bonds. The lowest BCUT2D eigenvalue weighted by Crippen LogP contribution is -1.88. The fourth-order valence-electron chi connectivity index (χ4n) is 1.59. The fourth-order valence-corrected chi connectivity index (χ4v) is 2.77. The molecule has 2 aromatic heterocycles. The Balaban J connectivity index is 1.80. The molecule has 0 spiro atoms. The molecular formula is C11H16N4S2. The number of imidazole rings is 1. The fraction of sp³-hybridized carbons (Fsp3) is 0.545. The largest absolute Gasteiger partial charge is 0.341 e. The van der Waals surface area contributed by atoms with Crippen molar-refractivity contribution < 1.29 is 0 Å². The maximum Gasteiger partial charge on any atom is 0.181 e. The number of unbranched alkanes of at least 4 members (excludes halogenated alkanes) is 3. The van der Waals surface area contributed by atoms with Crippen molar-refractivity contribution in [1.82, 2.24) is 19.9 Å². The molecule has 92 valence electrons. The molecule has 4 nitrogen and oxygen atoms in total. The molecule has 2 heterocycles. The minimum atomic E-state index is 0.748. The summed E-state index contributed by atoms with van der Waals surface area (Å²) >= 11 is 5.97. The minimum absolute atomic E-state index is 0.748. The lowest BCUT2D eigenvalue weighted by Gasteiger charge is -2.01. The van der Waals surface area contributed by atoms with E-state index >= 15 is 0 Å². The Kier molecular flexibility index (Phi) is 5.12. The molecular weight excluding hydrogens is 252 g/mol. The summed E-state index contributed by atoms with van der Waals surface area (Å²) in [6.07, 6.45) is 8.21. The highest BCUT2D eigenvalue weighted by molar-refractivity contribution is 7.99. The topological polar surface area (TPSA) is 54.5 Å². The molecule has 0 unspecified atom stereocenters. The van der Waals surface area contributed by atoms with E-state index in [1.54, 1.807) is 24.4 Å². The molecule has 1 N–H and O–H groups in total. The summed E-state index contributed by atoms with van der Waals surface area (Å²) in [5.74, 6) is 2.09. The highest BCUT2D eigenvalue weighted by atomic mass is 32.2. The third-order valence-electron chi connectivity index (χ3n) is 2.48. The predicted molar refractivity (Wildman–Crippen MR) is 74.7 cm³/mol. The first-order valence-electron chi connectivity index (χ1n) is 5.79. The van der Waals surface area contributed by atoms with Crippen molar-refractivity contribution in [3.05, 3.63) is 12.7 Å². The maximum atomic E-state index is 4.28. The average Bonchev–Trinajstić information content (AvgIpc) is 2.82. The van der Waals surface area contributed by atoms with Gasteiger partial charge in [-0.2, -0.15) is 12.6 Å². The Morgan fingerprint density at radius 2 is 2.00 bits per heavy atom. The molecule has 2 rings (SSSR count). The van der Waals surface area contributed by atoms with E-state index < -0.39 is 0 Å². The summed E-state index contributed by atoms with van der Waals surface area (Å²) in [6.45, 7) is 0. The zero-order valence-electron chi connectivity index (χ0n) is 9.59. The molecule has 0 saturated carbocycles. The summed E-state index contributed by atoms with van der Waals surface area (Å²) in [4.78, 5) is 15.6. The molecule has 0 radical (unpaired) electrons. The highest BCUT2D eigenvalue weighted by Gasteiger charge is 2.05. The number of aromatic nitrogens is 4. The number of hydrogen-bond donors (Lipinski definition) is 2. The van der Waals surface area contributed by atoms with Crippen molar-refractivity contribution in [2.45, 2.75) is 30.7 Å². The van der Waals surface area contributed by atoms with Gasteiger partial charge in [-0.15, -0.1) is 11.8 Å². The van der Waals surface area contributed by atoms with E-state index in [-0.39, 0.29) is 0 Å². The van der Waals surface area contributed by atoms with Gasteiger partial charge < -0.3 is 4.98 Å². The van der Waals surface area contributed by atoms with Gasteiger partial charge in [0.05, 0.1) is 6.33 Å². The molecule has 0 atom stereocenters. The summed E-state index contributed by atoms with van der Waals surface area (Å²) in [5, 5.41) is 1.00. The molecule has 0 aliphatic heterocycles. The van der Waals surface area contributed by atoms with E-state index in [0.717, 1.165) is 27.7 Å². The van der Waals surface area contributed by atoms with Crippen molar-refractivity contribution >= 4 is 35.6 Å². The zero-order valence-corrected chi connectivity index (χ0v) is 11.3. The van der Waals surface area contributed by atoms with Crippen LogP contribution in [0.4, 0.5) is 0 Å². The van der Waals surface area contributed by atoms with Crippen LogP contribution in [-0.2, 0) is 0 Å². The van der Waals surface area contributed by atoms with Gasteiger partial charge in [0.25, 0.3) is 0 Å². The maximum absolute atomic E-state index is 4.28. The van der Waals surface area contributed by atoms with E-state index in [9.17, 15) is 0 Å². The number of nitrogens with one attached hydrogen (secondary N) is 1. The first kappa shape index (κ1) is 12.7. The van der Waals surface area contributed by atoms with Crippen LogP contribution in [0.5, 0.6) is 0 Å². The molecule has 2 aromatic rings. The first-order valence-corrected chi connectivity index (χ1v) is 7.41. The van der Waals surface area contributed by atoms with Gasteiger partial charge >= 0.3 is 0 Å². The second-order valence-electron chi connectivity index (χ2n) is 3.77. The number of hydrogen-bond acceptors (Lipinski definition) is 5. The van der Waals surface area contributed by atoms with Gasteiger partial charge in [0.2, 0.25) is 0 Å². The number of thioether (sulfide) groups is 1. The lowest BCUT2D eigenvalue weighted by atomic mass is 10.2. The van der Waals surface area contributed by atoms with E-state index in [4.69, 9.17) is 0 Å². The van der Waals surface area contributed by atoms with Gasteiger partial charge in [0.1, 0.15) is 16.9 Å². The van der Waals surface area contributed by atoms with Gasteiger partial charge in [-0.3, -0.25) is 0 Å². The second-order valence-corrected chi connectivity index (χ2v) is 5.30. The molecule has 6 heteroatoms. The Hall–Kier alpha value is -0.750. The van der Waals surface area contributed by atoms with Crippen LogP contribution in [-0.4, -0.2) is 31.4 Å². The van der Waals surface area contributed by atoms with Crippen molar-refractivity contribution in [3.8, 4) is 0 Å². The summed E-state index contributed by atoms with van der Waals surface area (Å²) < 4.78 is 0. The normalized spacial score (nSPS) is 11.1. The molecule has 17 heavy (non-hydrogen) atoms. The number of nitrogens with zero attached hydrogens (tertiary/aromatic N) is 3. The number of fused-ring (bicyclic) bond motifs is 1. The van der Waals surface area contributed by atoms with Gasteiger partial charge in [-0.05, 0) is 24.3 Å². The molecule has 0 aliphatic rings. The van der Waals surface area contributed by atoms with Gasteiger partial charge in [-0.25, -0.2) is 15.0 Å². The lowest BCUT2D eigenvalue weighted by molar-refractivity contribution is 0.712. The predicted octanol–water partition coefficient (Wildman–Crippen LogP) is 2.94. The molecule has 0 saturated heterocycles. The van der Waals surface area contributed by atoms with Crippen LogP contribution in [0.3, 0.4) is 0 Å². The summed E-state index contributed by atoms with van der Waals surface area (Å²) in [5.41, 5.74) is 1.70. The quantitative estimate of drug-likeness (QED) is 0.351. The van der Waals surface area contributed by atoms with Crippen molar-refractivity contribution in [2.75, 3.05) is 11.5 Å². The first-order chi connectivity index (χ1) is 8.42. The Labute approximate surface area is 110 Å². The molecule has 0 aliphatic carbocycles. The smallest absolute Gasteiger partial charge is 0.181 e. The van der Waals surface area contributed by atoms with Crippen LogP contribution in [0.1, 0.15) is 25.7 Å². The summed E-state index contributed by atoms with van der Waals surface area (Å²) in [6, 6.07) is 0. The van der Waals surface area contributed by atoms with Crippen molar-refractivity contribution in [2.24, 2.45) is 0 Å². The monoisotopic (exact) mass is 268 g/mol. The van der Waals surface area contributed by atoms with Crippen molar-refractivity contribution in [1.29, 1.82) is 0 Å². The Bertz CT molecular complexity index is 457. The van der Waals surface area contributed by atoms with E-state index in [1.165, 1.54) is 25.7 Å². The second kappa shape index (κ2) is 6.86. The van der Waals surface area contributed by atoms with Gasteiger partial charge in [-0.1, -0.05) is 12.8 Å². The molecule has 0 bridgehead atoms. The standard InChI is InChI=1S/C11H16N4S2/c16-5-3-1-2-4-6-17-11-9-10(13-7-12-9)14-8-15-11/h7-8,16H,1-6H2,(H,12,13,14,15). The number of rotatable bonds is 7. The van der Waals surface area contributed by atoms with Crippen LogP contribution < -0.4 is 0 Å². The minimum Gasteiger partial charge on any atom is -0.341 e. The number of H-pyrrole nitrogens is 1. The van der Waals surface area contributed by atoms with Crippen LogP contribution in [0, 0.1) is 0 Å². The van der Waals surface area contributed by atoms with E-state index in [2.05, 4.69) is 32.6 Å². The average molecular weight is 268 g/mol.